The van der Waals surface area contributed by atoms with Crippen LogP contribution >= 0.6 is 0 Å². The Morgan fingerprint density at radius 3 is 2.35 bits per heavy atom. The maximum atomic E-state index is 11.2. The number of hydrogen-bond acceptors (Lipinski definition) is 1. The average molecular weight is 230 g/mol. The predicted octanol–water partition coefficient (Wildman–Crippen LogP) is 3.58. The Balaban J connectivity index is 2.03. The molecule has 3 aliphatic carbocycles. The fourth-order valence-corrected chi connectivity index (χ4v) is 4.56. The molecule has 0 aliphatic heterocycles. The molecule has 4 rings (SSSR count). The minimum absolute atomic E-state index is 0.294. The van der Waals surface area contributed by atoms with Crippen LogP contribution < -0.4 is 0 Å². The molecule has 1 aromatic rings. The molecular weight excluding hydrogens is 208 g/mol. The van der Waals surface area contributed by atoms with Gasteiger partial charge in [0.05, 0.1) is 5.60 Å². The number of aliphatic hydroxyl groups is 1. The van der Waals surface area contributed by atoms with E-state index in [9.17, 15) is 5.11 Å². The van der Waals surface area contributed by atoms with Gasteiger partial charge in [0.15, 0.2) is 0 Å². The van der Waals surface area contributed by atoms with Gasteiger partial charge in [0.1, 0.15) is 0 Å². The Morgan fingerprint density at radius 2 is 1.82 bits per heavy atom. The lowest BCUT2D eigenvalue weighted by molar-refractivity contribution is -0.230. The first-order chi connectivity index (χ1) is 7.96. The zero-order chi connectivity index (χ0) is 12.3. The van der Waals surface area contributed by atoms with Crippen LogP contribution in [-0.2, 0) is 5.60 Å². The van der Waals surface area contributed by atoms with Crippen LogP contribution in [0.4, 0.5) is 0 Å². The molecule has 1 aromatic carbocycles. The van der Waals surface area contributed by atoms with Crippen molar-refractivity contribution < 1.29 is 5.11 Å². The van der Waals surface area contributed by atoms with Gasteiger partial charge in [0.25, 0.3) is 0 Å². The van der Waals surface area contributed by atoms with Gasteiger partial charge in [-0.25, -0.2) is 0 Å². The Bertz CT molecular complexity index is 422. The molecule has 1 N–H and O–H groups in total. The van der Waals surface area contributed by atoms with Gasteiger partial charge >= 0.3 is 0 Å². The molecule has 0 heterocycles. The Kier molecular flexibility index (Phi) is 2.22. The highest BCUT2D eigenvalue weighted by molar-refractivity contribution is 5.28. The van der Waals surface area contributed by atoms with Gasteiger partial charge in [-0.05, 0) is 41.6 Å². The molecule has 0 amide bonds. The highest BCUT2D eigenvalue weighted by atomic mass is 16.3. The smallest absolute Gasteiger partial charge is 0.0932 e. The molecule has 1 nitrogen and oxygen atoms in total. The Labute approximate surface area is 104 Å². The number of hydrogen-bond donors (Lipinski definition) is 1. The van der Waals surface area contributed by atoms with Crippen LogP contribution in [0, 0.1) is 23.2 Å². The zero-order valence-corrected chi connectivity index (χ0v) is 11.0. The summed E-state index contributed by atoms with van der Waals surface area (Å²) in [5.41, 5.74) is 0.810. The van der Waals surface area contributed by atoms with Crippen molar-refractivity contribution in [2.24, 2.45) is 23.2 Å². The lowest BCUT2D eigenvalue weighted by Crippen LogP contribution is -2.62. The summed E-state index contributed by atoms with van der Waals surface area (Å²) < 4.78 is 0. The highest BCUT2D eigenvalue weighted by Crippen LogP contribution is 2.67. The van der Waals surface area contributed by atoms with Crippen molar-refractivity contribution in [3.63, 3.8) is 0 Å². The number of benzene rings is 1. The second-order valence-electron chi connectivity index (χ2n) is 6.69. The summed E-state index contributed by atoms with van der Waals surface area (Å²) in [6, 6.07) is 10.3. The molecule has 92 valence electrons. The van der Waals surface area contributed by atoms with E-state index in [1.807, 2.05) is 18.2 Å². The predicted molar refractivity (Wildman–Crippen MR) is 69.5 cm³/mol. The van der Waals surface area contributed by atoms with Crippen molar-refractivity contribution in [2.45, 2.75) is 39.2 Å². The molecule has 17 heavy (non-hydrogen) atoms. The molecule has 0 saturated heterocycles. The van der Waals surface area contributed by atoms with Crippen LogP contribution in [0.2, 0.25) is 0 Å². The van der Waals surface area contributed by atoms with Crippen LogP contribution in [-0.4, -0.2) is 5.11 Å². The van der Waals surface area contributed by atoms with Crippen LogP contribution in [0.3, 0.4) is 0 Å². The van der Waals surface area contributed by atoms with Crippen molar-refractivity contribution in [3.8, 4) is 0 Å². The molecule has 0 radical (unpaired) electrons. The van der Waals surface area contributed by atoms with Crippen molar-refractivity contribution in [1.29, 1.82) is 0 Å². The van der Waals surface area contributed by atoms with Gasteiger partial charge in [0, 0.05) is 0 Å². The summed E-state index contributed by atoms with van der Waals surface area (Å²) in [6.45, 7) is 6.96. The summed E-state index contributed by atoms with van der Waals surface area (Å²) in [6.07, 6.45) is 2.12. The van der Waals surface area contributed by atoms with Crippen LogP contribution in [0.25, 0.3) is 0 Å². The summed E-state index contributed by atoms with van der Waals surface area (Å²) in [7, 11) is 0. The molecule has 3 aliphatic rings. The number of rotatable bonds is 1. The maximum Gasteiger partial charge on any atom is 0.0932 e. The van der Waals surface area contributed by atoms with Gasteiger partial charge < -0.3 is 5.11 Å². The van der Waals surface area contributed by atoms with Crippen molar-refractivity contribution in [1.82, 2.24) is 0 Å². The van der Waals surface area contributed by atoms with E-state index in [-0.39, 0.29) is 0 Å². The van der Waals surface area contributed by atoms with E-state index < -0.39 is 5.60 Å². The highest BCUT2D eigenvalue weighted by Gasteiger charge is 2.63. The average Bonchev–Trinajstić information content (AvgIpc) is 2.28. The van der Waals surface area contributed by atoms with E-state index in [0.29, 0.717) is 17.3 Å². The number of fused-ring (bicyclic) bond motifs is 2. The molecule has 2 bridgehead atoms. The van der Waals surface area contributed by atoms with Gasteiger partial charge in [-0.15, -0.1) is 0 Å². The summed E-state index contributed by atoms with van der Waals surface area (Å²) >= 11 is 0. The van der Waals surface area contributed by atoms with Crippen molar-refractivity contribution in [2.75, 3.05) is 0 Å². The van der Waals surface area contributed by atoms with Crippen LogP contribution in [0.5, 0.6) is 0 Å². The standard InChI is InChI=1S/C16H22O/c1-11-10-16(17,12-7-5-4-6-8-12)14-9-13(11)15(14,2)3/h4-8,11,13-14,17H,9-10H2,1-3H3/t11-,13+,14+,16+/m0/s1. The molecular formula is C16H22O. The lowest BCUT2D eigenvalue weighted by Gasteiger charge is -2.66. The normalized spacial score (nSPS) is 42.9. The maximum absolute atomic E-state index is 11.2. The van der Waals surface area contributed by atoms with Crippen LogP contribution in [0.15, 0.2) is 30.3 Å². The third kappa shape index (κ3) is 1.35. The largest absolute Gasteiger partial charge is 0.385 e. The van der Waals surface area contributed by atoms with E-state index in [1.54, 1.807) is 0 Å². The molecule has 1 heteroatoms. The second-order valence-corrected chi connectivity index (χ2v) is 6.69. The van der Waals surface area contributed by atoms with E-state index in [0.717, 1.165) is 17.9 Å². The topological polar surface area (TPSA) is 20.2 Å². The monoisotopic (exact) mass is 230 g/mol. The van der Waals surface area contributed by atoms with Gasteiger partial charge in [-0.1, -0.05) is 51.1 Å². The summed E-state index contributed by atoms with van der Waals surface area (Å²) in [5, 5.41) is 11.2. The summed E-state index contributed by atoms with van der Waals surface area (Å²) in [5.74, 6) is 1.86. The third-order valence-corrected chi connectivity index (χ3v) is 5.51. The van der Waals surface area contributed by atoms with Gasteiger partial charge in [-0.3, -0.25) is 0 Å². The first kappa shape index (κ1) is 11.3. The fraction of sp³-hybridized carbons (Fsp3) is 0.625. The lowest BCUT2D eigenvalue weighted by atomic mass is 9.40. The van der Waals surface area contributed by atoms with E-state index in [1.165, 1.54) is 6.42 Å². The SMILES string of the molecule is C[C@H]1C[C@@](O)(c2ccccc2)[C@@H]2C[C@H]1C2(C)C. The van der Waals surface area contributed by atoms with Crippen molar-refractivity contribution in [3.05, 3.63) is 35.9 Å². The van der Waals surface area contributed by atoms with E-state index >= 15 is 0 Å². The Hall–Kier alpha value is -0.820. The third-order valence-electron chi connectivity index (χ3n) is 5.51. The zero-order valence-electron chi connectivity index (χ0n) is 11.0. The van der Waals surface area contributed by atoms with Crippen LogP contribution in [0.1, 0.15) is 39.2 Å². The molecule has 0 spiro atoms. The minimum Gasteiger partial charge on any atom is -0.385 e. The molecule has 0 unspecified atom stereocenters. The molecule has 4 atom stereocenters. The first-order valence-electron chi connectivity index (χ1n) is 6.74. The minimum atomic E-state index is -0.598. The molecule has 3 fully saturated rings. The summed E-state index contributed by atoms with van der Waals surface area (Å²) in [4.78, 5) is 0. The Morgan fingerprint density at radius 1 is 1.18 bits per heavy atom. The van der Waals surface area contributed by atoms with E-state index in [2.05, 4.69) is 32.9 Å². The molecule has 3 saturated carbocycles. The first-order valence-corrected chi connectivity index (χ1v) is 6.74. The van der Waals surface area contributed by atoms with Gasteiger partial charge in [-0.2, -0.15) is 0 Å². The second kappa shape index (κ2) is 3.35. The molecule has 0 aromatic heterocycles. The fourth-order valence-electron chi connectivity index (χ4n) is 4.56. The van der Waals surface area contributed by atoms with Crippen molar-refractivity contribution >= 4 is 0 Å². The quantitative estimate of drug-likeness (QED) is 0.782. The van der Waals surface area contributed by atoms with E-state index in [4.69, 9.17) is 0 Å². The van der Waals surface area contributed by atoms with Gasteiger partial charge in [0.2, 0.25) is 0 Å².